The molecule has 0 fully saturated rings. The average molecular weight is 582 g/mol. The quantitative estimate of drug-likeness (QED) is 0.0547. The molecule has 0 spiro atoms. The fraction of sp³-hybridized carbons (Fsp3) is 0.853. The molecule has 7 nitrogen and oxygen atoms in total. The Morgan fingerprint density at radius 1 is 0.585 bits per heavy atom. The fourth-order valence-corrected chi connectivity index (χ4v) is 5.31. The lowest BCUT2D eigenvalue weighted by molar-refractivity contribution is -0.929. The minimum Gasteiger partial charge on any atom is -0.550 e. The zero-order valence-corrected chi connectivity index (χ0v) is 26.9. The topological polar surface area (TPSA) is 115 Å². The summed E-state index contributed by atoms with van der Waals surface area (Å²) < 4.78 is 0.582. The van der Waals surface area contributed by atoms with E-state index in [1.54, 1.807) is 20.8 Å². The standard InChI is InChI=1S/C34H63NO6/c1-5-6-7-8-9-10-11-12-13-14-15-16-17-18-19-20-21-25-35(26-22-29(2)32(36)37,27-23-30(3)33(38)39)28-24-31(4)34(40)41/h11-12,29-31H,5-10,13-28H2,1-4H3,(H2-,36,37,38,39,40,41)/b12-11+. The molecule has 0 radical (unpaired) electrons. The van der Waals surface area contributed by atoms with Crippen molar-refractivity contribution in [3.8, 4) is 0 Å². The molecular formula is C34H63NO6. The van der Waals surface area contributed by atoms with E-state index in [2.05, 4.69) is 19.1 Å². The molecule has 0 aliphatic heterocycles. The molecule has 0 aliphatic rings. The number of carbonyl (C=O) groups excluding carboxylic acids is 1. The SMILES string of the molecule is CCCCCCC/C=C/CCCCCCCCCC[N+](CCC(C)C(=O)[O-])(CCC(C)C(=O)O)CCC(C)C(=O)O. The van der Waals surface area contributed by atoms with Gasteiger partial charge in [0, 0.05) is 31.1 Å². The number of carbonyl (C=O) groups is 3. The highest BCUT2D eigenvalue weighted by molar-refractivity contribution is 5.69. The van der Waals surface area contributed by atoms with Gasteiger partial charge >= 0.3 is 11.9 Å². The lowest BCUT2D eigenvalue weighted by Gasteiger charge is -2.41. The zero-order chi connectivity index (χ0) is 30.9. The molecule has 0 aromatic heterocycles. The summed E-state index contributed by atoms with van der Waals surface area (Å²) >= 11 is 0. The first kappa shape index (κ1) is 39.1. The first-order valence-electron chi connectivity index (χ1n) is 16.7. The first-order chi connectivity index (χ1) is 19.5. The average Bonchev–Trinajstić information content (AvgIpc) is 2.94. The van der Waals surface area contributed by atoms with E-state index in [1.807, 2.05) is 0 Å². The summed E-state index contributed by atoms with van der Waals surface area (Å²) in [4.78, 5) is 34.3. The predicted molar refractivity (Wildman–Crippen MR) is 165 cm³/mol. The van der Waals surface area contributed by atoms with Crippen molar-refractivity contribution in [2.24, 2.45) is 17.8 Å². The molecule has 2 N–H and O–H groups in total. The summed E-state index contributed by atoms with van der Waals surface area (Å²) in [6.45, 7) is 9.96. The molecule has 240 valence electrons. The van der Waals surface area contributed by atoms with E-state index in [-0.39, 0.29) is 0 Å². The third kappa shape index (κ3) is 21.5. The molecule has 41 heavy (non-hydrogen) atoms. The minimum absolute atomic E-state index is 0.444. The van der Waals surface area contributed by atoms with Crippen LogP contribution in [-0.4, -0.2) is 58.8 Å². The van der Waals surface area contributed by atoms with E-state index in [0.717, 1.165) is 25.8 Å². The number of carboxylic acid groups (broad SMARTS) is 3. The van der Waals surface area contributed by atoms with E-state index in [1.165, 1.54) is 77.0 Å². The number of hydrogen-bond acceptors (Lipinski definition) is 4. The Labute approximate surface area is 251 Å². The van der Waals surface area contributed by atoms with Crippen LogP contribution in [0.3, 0.4) is 0 Å². The number of aliphatic carboxylic acids is 3. The second-order valence-corrected chi connectivity index (χ2v) is 12.6. The molecule has 0 amide bonds. The summed E-state index contributed by atoms with van der Waals surface area (Å²) in [5.74, 6) is -4.32. The maximum atomic E-state index is 11.5. The van der Waals surface area contributed by atoms with E-state index in [0.29, 0.717) is 43.4 Å². The van der Waals surface area contributed by atoms with Crippen LogP contribution in [0.1, 0.15) is 143 Å². The van der Waals surface area contributed by atoms with E-state index >= 15 is 0 Å². The molecule has 3 unspecified atom stereocenters. The van der Waals surface area contributed by atoms with Crippen LogP contribution in [0.5, 0.6) is 0 Å². The molecule has 0 aromatic carbocycles. The van der Waals surface area contributed by atoms with E-state index in [4.69, 9.17) is 0 Å². The van der Waals surface area contributed by atoms with Crippen molar-refractivity contribution in [1.82, 2.24) is 0 Å². The second kappa shape index (κ2) is 24.7. The van der Waals surface area contributed by atoms with Crippen molar-refractivity contribution >= 4 is 17.9 Å². The number of unbranched alkanes of at least 4 members (excludes halogenated alkanes) is 13. The van der Waals surface area contributed by atoms with Crippen molar-refractivity contribution in [2.75, 3.05) is 26.2 Å². The van der Waals surface area contributed by atoms with Gasteiger partial charge < -0.3 is 24.6 Å². The summed E-state index contributed by atoms with van der Waals surface area (Å²) in [6, 6.07) is 0. The van der Waals surface area contributed by atoms with E-state index in [9.17, 15) is 29.7 Å². The number of rotatable bonds is 29. The van der Waals surface area contributed by atoms with Gasteiger partial charge in [-0.15, -0.1) is 0 Å². The number of quaternary nitrogens is 1. The summed E-state index contributed by atoms with van der Waals surface area (Å²) in [5.41, 5.74) is 0. The highest BCUT2D eigenvalue weighted by Gasteiger charge is 2.30. The fourth-order valence-electron chi connectivity index (χ4n) is 5.31. The van der Waals surface area contributed by atoms with Gasteiger partial charge in [-0.3, -0.25) is 9.59 Å². The van der Waals surface area contributed by atoms with E-state index < -0.39 is 35.7 Å². The third-order valence-corrected chi connectivity index (χ3v) is 8.75. The van der Waals surface area contributed by atoms with Gasteiger partial charge in [-0.25, -0.2) is 0 Å². The van der Waals surface area contributed by atoms with Crippen LogP contribution in [0.2, 0.25) is 0 Å². The Kier molecular flexibility index (Phi) is 23.5. The monoisotopic (exact) mass is 581 g/mol. The van der Waals surface area contributed by atoms with Crippen molar-refractivity contribution in [1.29, 1.82) is 0 Å². The zero-order valence-electron chi connectivity index (χ0n) is 26.9. The normalized spacial score (nSPS) is 15.4. The lowest BCUT2D eigenvalue weighted by Crippen LogP contribution is -2.52. The van der Waals surface area contributed by atoms with Crippen LogP contribution in [0, 0.1) is 17.8 Å². The highest BCUT2D eigenvalue weighted by Crippen LogP contribution is 2.22. The molecule has 0 heterocycles. The number of carboxylic acids is 3. The Bertz CT molecular complexity index is 662. The predicted octanol–water partition coefficient (Wildman–Crippen LogP) is 7.23. The molecular weight excluding hydrogens is 518 g/mol. The van der Waals surface area contributed by atoms with Crippen LogP contribution >= 0.6 is 0 Å². The molecule has 3 atom stereocenters. The second-order valence-electron chi connectivity index (χ2n) is 12.6. The van der Waals surface area contributed by atoms with Crippen LogP contribution in [0.4, 0.5) is 0 Å². The van der Waals surface area contributed by atoms with Crippen LogP contribution < -0.4 is 5.11 Å². The molecule has 0 aliphatic carbocycles. The molecule has 0 bridgehead atoms. The molecule has 0 saturated heterocycles. The molecule has 0 rings (SSSR count). The Morgan fingerprint density at radius 2 is 0.951 bits per heavy atom. The van der Waals surface area contributed by atoms with Gasteiger partial charge in [-0.2, -0.15) is 0 Å². The third-order valence-electron chi connectivity index (χ3n) is 8.75. The van der Waals surface area contributed by atoms with Gasteiger partial charge in [-0.1, -0.05) is 97.6 Å². The van der Waals surface area contributed by atoms with Crippen molar-refractivity contribution in [3.63, 3.8) is 0 Å². The smallest absolute Gasteiger partial charge is 0.306 e. The Balaban J connectivity index is 4.59. The maximum absolute atomic E-state index is 11.5. The van der Waals surface area contributed by atoms with Gasteiger partial charge in [0.25, 0.3) is 0 Å². The number of allylic oxidation sites excluding steroid dienone is 2. The molecule has 0 aromatic rings. The summed E-state index contributed by atoms with van der Waals surface area (Å²) in [6.07, 6.45) is 24.7. The summed E-state index contributed by atoms with van der Waals surface area (Å²) in [7, 11) is 0. The van der Waals surface area contributed by atoms with Crippen LogP contribution in [0.15, 0.2) is 12.2 Å². The maximum Gasteiger partial charge on any atom is 0.306 e. The number of hydrogen-bond donors (Lipinski definition) is 2. The van der Waals surface area contributed by atoms with Gasteiger partial charge in [0.1, 0.15) is 0 Å². The molecule has 7 heteroatoms. The molecule has 0 saturated carbocycles. The van der Waals surface area contributed by atoms with Crippen molar-refractivity contribution in [3.05, 3.63) is 12.2 Å². The Hall–Kier alpha value is -1.89. The van der Waals surface area contributed by atoms with Crippen LogP contribution in [0.25, 0.3) is 0 Å². The lowest BCUT2D eigenvalue weighted by atomic mass is 10.0. The first-order valence-corrected chi connectivity index (χ1v) is 16.7. The Morgan fingerprint density at radius 3 is 1.34 bits per heavy atom. The van der Waals surface area contributed by atoms with Crippen LogP contribution in [-0.2, 0) is 14.4 Å². The van der Waals surface area contributed by atoms with Gasteiger partial charge in [-0.05, 0) is 38.5 Å². The minimum atomic E-state index is -1.07. The van der Waals surface area contributed by atoms with Gasteiger partial charge in [0.05, 0.1) is 38.0 Å². The highest BCUT2D eigenvalue weighted by atomic mass is 16.4. The number of nitrogens with zero attached hydrogens (tertiary/aromatic N) is 1. The summed E-state index contributed by atoms with van der Waals surface area (Å²) in [5, 5.41) is 30.2. The van der Waals surface area contributed by atoms with Gasteiger partial charge in [0.15, 0.2) is 0 Å². The van der Waals surface area contributed by atoms with Gasteiger partial charge in [0.2, 0.25) is 0 Å². The van der Waals surface area contributed by atoms with Crippen molar-refractivity contribution < 1.29 is 34.2 Å². The largest absolute Gasteiger partial charge is 0.550 e. The van der Waals surface area contributed by atoms with Crippen molar-refractivity contribution in [2.45, 2.75) is 143 Å².